The van der Waals surface area contributed by atoms with Gasteiger partial charge in [0.2, 0.25) is 11.8 Å². The van der Waals surface area contributed by atoms with Crippen molar-refractivity contribution >= 4 is 29.2 Å². The highest BCUT2D eigenvalue weighted by Crippen LogP contribution is 2.40. The number of urea groups is 1. The van der Waals surface area contributed by atoms with E-state index in [0.717, 1.165) is 29.9 Å². The van der Waals surface area contributed by atoms with E-state index in [1.54, 1.807) is 0 Å². The summed E-state index contributed by atoms with van der Waals surface area (Å²) in [6.07, 6.45) is 3.77. The second kappa shape index (κ2) is 5.22. The van der Waals surface area contributed by atoms with Crippen LogP contribution in [0.4, 0.5) is 4.79 Å². The van der Waals surface area contributed by atoms with Gasteiger partial charge in [-0.05, 0) is 19.8 Å². The van der Waals surface area contributed by atoms with Crippen LogP contribution in [0.25, 0.3) is 0 Å². The molecule has 1 saturated carbocycles. The van der Waals surface area contributed by atoms with E-state index in [-0.39, 0.29) is 12.5 Å². The maximum Gasteiger partial charge on any atom is 0.331 e. The second-order valence-corrected chi connectivity index (χ2v) is 6.62. The molecule has 1 aliphatic heterocycles. The fraction of sp³-hybridized carbons (Fsp3) is 0.571. The minimum atomic E-state index is -1.04. The number of rotatable bonds is 2. The fourth-order valence-electron chi connectivity index (χ4n) is 3.08. The molecule has 2 aliphatic rings. The summed E-state index contributed by atoms with van der Waals surface area (Å²) < 4.78 is 0. The minimum absolute atomic E-state index is 0.137. The van der Waals surface area contributed by atoms with Crippen LogP contribution in [-0.2, 0) is 16.1 Å². The summed E-state index contributed by atoms with van der Waals surface area (Å²) in [5.74, 6) is -0.785. The molecule has 112 valence electrons. The lowest BCUT2D eigenvalue weighted by Crippen LogP contribution is -2.63. The Bertz CT molecular complexity index is 604. The molecule has 0 bridgehead atoms. The van der Waals surface area contributed by atoms with Crippen LogP contribution in [0.3, 0.4) is 0 Å². The molecule has 7 heteroatoms. The second-order valence-electron chi connectivity index (χ2n) is 5.68. The molecule has 0 aromatic carbocycles. The molecule has 4 amide bonds. The fourth-order valence-corrected chi connectivity index (χ4v) is 3.84. The van der Waals surface area contributed by atoms with Gasteiger partial charge in [0.25, 0.3) is 0 Å². The van der Waals surface area contributed by atoms with Gasteiger partial charge in [-0.25, -0.2) is 9.78 Å². The Morgan fingerprint density at radius 1 is 1.29 bits per heavy atom. The topological polar surface area (TPSA) is 79.4 Å². The first-order chi connectivity index (χ1) is 10.0. The number of carbonyl (C=O) groups excluding carboxylic acids is 3. The average molecular weight is 307 g/mol. The predicted molar refractivity (Wildman–Crippen MR) is 76.5 cm³/mol. The van der Waals surface area contributed by atoms with Crippen molar-refractivity contribution in [1.82, 2.24) is 15.2 Å². The summed E-state index contributed by atoms with van der Waals surface area (Å²) in [5.41, 5.74) is -0.179. The number of hydrogen-bond acceptors (Lipinski definition) is 5. The van der Waals surface area contributed by atoms with Crippen LogP contribution in [0.5, 0.6) is 0 Å². The van der Waals surface area contributed by atoms with Crippen LogP contribution in [0.1, 0.15) is 42.8 Å². The SMILES string of the molecule is Cc1csc(CN2C(=O)NC(=O)C3(CCCCC3)C2=O)n1. The summed E-state index contributed by atoms with van der Waals surface area (Å²) in [7, 11) is 0. The maximum atomic E-state index is 12.8. The normalized spacial score (nSPS) is 21.8. The number of thiazole rings is 1. The summed E-state index contributed by atoms with van der Waals surface area (Å²) in [5, 5.41) is 4.93. The first-order valence-corrected chi connectivity index (χ1v) is 7.99. The lowest BCUT2D eigenvalue weighted by molar-refractivity contribution is -0.154. The van der Waals surface area contributed by atoms with E-state index in [1.807, 2.05) is 12.3 Å². The molecule has 2 heterocycles. The molecule has 2 fully saturated rings. The molecule has 0 radical (unpaired) electrons. The van der Waals surface area contributed by atoms with Gasteiger partial charge >= 0.3 is 6.03 Å². The Kier molecular flexibility index (Phi) is 3.52. The Morgan fingerprint density at radius 3 is 2.62 bits per heavy atom. The summed E-state index contributed by atoms with van der Waals surface area (Å²) >= 11 is 1.41. The van der Waals surface area contributed by atoms with Gasteiger partial charge in [0, 0.05) is 11.1 Å². The highest BCUT2D eigenvalue weighted by Gasteiger charge is 2.53. The van der Waals surface area contributed by atoms with Crippen molar-refractivity contribution in [1.29, 1.82) is 0 Å². The minimum Gasteiger partial charge on any atom is -0.277 e. The molecule has 0 unspecified atom stereocenters. The lowest BCUT2D eigenvalue weighted by Gasteiger charge is -2.41. The standard InChI is InChI=1S/C14H17N3O3S/c1-9-8-21-10(15-9)7-17-12(19)14(5-3-2-4-6-14)11(18)16-13(17)20/h8H,2-7H2,1H3,(H,16,18,20). The molecule has 1 saturated heterocycles. The number of amides is 4. The maximum absolute atomic E-state index is 12.8. The number of nitrogens with one attached hydrogen (secondary N) is 1. The average Bonchev–Trinajstić information content (AvgIpc) is 2.88. The Hall–Kier alpha value is -1.76. The van der Waals surface area contributed by atoms with E-state index in [1.165, 1.54) is 11.3 Å². The van der Waals surface area contributed by atoms with Crippen molar-refractivity contribution < 1.29 is 14.4 Å². The van der Waals surface area contributed by atoms with Crippen molar-refractivity contribution in [2.75, 3.05) is 0 Å². The molecule has 1 N–H and O–H groups in total. The van der Waals surface area contributed by atoms with E-state index in [9.17, 15) is 14.4 Å². The third-order valence-electron chi connectivity index (χ3n) is 4.22. The van der Waals surface area contributed by atoms with Crippen LogP contribution in [0.2, 0.25) is 0 Å². The smallest absolute Gasteiger partial charge is 0.277 e. The molecular formula is C14H17N3O3S. The highest BCUT2D eigenvalue weighted by atomic mass is 32.1. The van der Waals surface area contributed by atoms with Crippen LogP contribution in [-0.4, -0.2) is 27.7 Å². The Labute approximate surface area is 126 Å². The molecule has 3 rings (SSSR count). The van der Waals surface area contributed by atoms with Crippen molar-refractivity contribution in [3.8, 4) is 0 Å². The largest absolute Gasteiger partial charge is 0.331 e. The molecule has 1 aromatic rings. The van der Waals surface area contributed by atoms with Gasteiger partial charge in [-0.2, -0.15) is 0 Å². The number of imide groups is 2. The van der Waals surface area contributed by atoms with Crippen molar-refractivity contribution in [3.05, 3.63) is 16.1 Å². The van der Waals surface area contributed by atoms with E-state index in [4.69, 9.17) is 0 Å². The number of hydrogen-bond donors (Lipinski definition) is 1. The first kappa shape index (κ1) is 14.2. The number of barbiturate groups is 1. The Morgan fingerprint density at radius 2 is 2.00 bits per heavy atom. The molecule has 1 spiro atoms. The van der Waals surface area contributed by atoms with Gasteiger partial charge in [0.1, 0.15) is 10.4 Å². The van der Waals surface area contributed by atoms with Crippen LogP contribution < -0.4 is 5.32 Å². The van der Waals surface area contributed by atoms with Gasteiger partial charge in [-0.1, -0.05) is 19.3 Å². The van der Waals surface area contributed by atoms with Gasteiger partial charge < -0.3 is 0 Å². The summed E-state index contributed by atoms with van der Waals surface area (Å²) in [6, 6.07) is -0.631. The van der Waals surface area contributed by atoms with Crippen LogP contribution >= 0.6 is 11.3 Å². The van der Waals surface area contributed by atoms with Gasteiger partial charge in [-0.15, -0.1) is 11.3 Å². The number of nitrogens with zero attached hydrogens (tertiary/aromatic N) is 2. The zero-order chi connectivity index (χ0) is 15.0. The van der Waals surface area contributed by atoms with E-state index in [2.05, 4.69) is 10.3 Å². The van der Waals surface area contributed by atoms with Crippen molar-refractivity contribution in [2.45, 2.75) is 45.6 Å². The highest BCUT2D eigenvalue weighted by molar-refractivity contribution is 7.09. The number of aromatic nitrogens is 1. The lowest BCUT2D eigenvalue weighted by atomic mass is 9.71. The van der Waals surface area contributed by atoms with Gasteiger partial charge in [-0.3, -0.25) is 19.8 Å². The van der Waals surface area contributed by atoms with Gasteiger partial charge in [0.05, 0.1) is 6.54 Å². The third kappa shape index (κ3) is 2.35. The molecule has 21 heavy (non-hydrogen) atoms. The van der Waals surface area contributed by atoms with Crippen molar-refractivity contribution in [2.24, 2.45) is 5.41 Å². The summed E-state index contributed by atoms with van der Waals surface area (Å²) in [4.78, 5) is 42.4. The zero-order valence-electron chi connectivity index (χ0n) is 11.8. The van der Waals surface area contributed by atoms with Crippen LogP contribution in [0.15, 0.2) is 5.38 Å². The summed E-state index contributed by atoms with van der Waals surface area (Å²) in [6.45, 7) is 2.00. The zero-order valence-corrected chi connectivity index (χ0v) is 12.7. The monoisotopic (exact) mass is 307 g/mol. The van der Waals surface area contributed by atoms with E-state index >= 15 is 0 Å². The third-order valence-corrected chi connectivity index (χ3v) is 5.17. The van der Waals surface area contributed by atoms with Crippen LogP contribution in [0, 0.1) is 12.3 Å². The molecule has 1 aromatic heterocycles. The molecule has 0 atom stereocenters. The van der Waals surface area contributed by atoms with Crippen molar-refractivity contribution in [3.63, 3.8) is 0 Å². The number of carbonyl (C=O) groups is 3. The number of aryl methyl sites for hydroxylation is 1. The van der Waals surface area contributed by atoms with Gasteiger partial charge in [0.15, 0.2) is 0 Å². The van der Waals surface area contributed by atoms with E-state index in [0.29, 0.717) is 17.8 Å². The van der Waals surface area contributed by atoms with E-state index < -0.39 is 17.4 Å². The molecule has 6 nitrogen and oxygen atoms in total. The molecular weight excluding hydrogens is 290 g/mol. The molecule has 1 aliphatic carbocycles. The quantitative estimate of drug-likeness (QED) is 0.847. The first-order valence-electron chi connectivity index (χ1n) is 7.11. The predicted octanol–water partition coefficient (Wildman–Crippen LogP) is 1.98. The Balaban J connectivity index is 1.87.